The molecule has 1 amide bonds. The third-order valence-electron chi connectivity index (χ3n) is 3.07. The molecule has 0 unspecified atom stereocenters. The molecule has 0 radical (unpaired) electrons. The molecule has 24 heavy (non-hydrogen) atoms. The second kappa shape index (κ2) is 7.85. The van der Waals surface area contributed by atoms with Gasteiger partial charge in [0.2, 0.25) is 5.91 Å². The highest BCUT2D eigenvalue weighted by atomic mass is 35.5. The van der Waals surface area contributed by atoms with E-state index in [-0.39, 0.29) is 12.3 Å². The van der Waals surface area contributed by atoms with Crippen molar-refractivity contribution < 1.29 is 4.79 Å². The summed E-state index contributed by atoms with van der Waals surface area (Å²) in [5.41, 5.74) is 1.67. The topological polar surface area (TPSA) is 79.8 Å². The van der Waals surface area contributed by atoms with E-state index < -0.39 is 0 Å². The van der Waals surface area contributed by atoms with Crippen LogP contribution in [-0.2, 0) is 17.8 Å². The van der Waals surface area contributed by atoms with Crippen molar-refractivity contribution in [3.05, 3.63) is 64.5 Å². The van der Waals surface area contributed by atoms with Crippen LogP contribution in [0.2, 0.25) is 5.02 Å². The van der Waals surface area contributed by atoms with Crippen LogP contribution in [-0.4, -0.2) is 20.9 Å². The molecular weight excluding hydrogens is 346 g/mol. The van der Waals surface area contributed by atoms with Gasteiger partial charge in [0.15, 0.2) is 5.13 Å². The molecule has 0 spiro atoms. The first-order valence-electron chi connectivity index (χ1n) is 7.17. The van der Waals surface area contributed by atoms with E-state index in [4.69, 9.17) is 11.6 Å². The van der Waals surface area contributed by atoms with Gasteiger partial charge < -0.3 is 10.6 Å². The first-order chi connectivity index (χ1) is 11.7. The summed E-state index contributed by atoms with van der Waals surface area (Å²) < 4.78 is 0. The number of nitrogens with one attached hydrogen (secondary N) is 2. The minimum Gasteiger partial charge on any atom is -0.352 e. The van der Waals surface area contributed by atoms with Crippen LogP contribution in [0.3, 0.4) is 0 Å². The fourth-order valence-electron chi connectivity index (χ4n) is 1.94. The molecule has 0 aromatic carbocycles. The lowest BCUT2D eigenvalue weighted by Gasteiger charge is -2.03. The molecule has 0 saturated carbocycles. The summed E-state index contributed by atoms with van der Waals surface area (Å²) in [5.74, 6) is 0.571. The van der Waals surface area contributed by atoms with Gasteiger partial charge in [-0.2, -0.15) is 0 Å². The number of hydrogen-bond donors (Lipinski definition) is 2. The third-order valence-corrected chi connectivity index (χ3v) is 4.10. The van der Waals surface area contributed by atoms with Gasteiger partial charge in [-0.1, -0.05) is 17.7 Å². The van der Waals surface area contributed by atoms with E-state index in [0.717, 1.165) is 5.56 Å². The zero-order chi connectivity index (χ0) is 16.8. The van der Waals surface area contributed by atoms with E-state index in [1.807, 2.05) is 17.5 Å². The number of amides is 1. The number of halogens is 1. The Morgan fingerprint density at radius 2 is 2.17 bits per heavy atom. The molecule has 0 bridgehead atoms. The Bertz CT molecular complexity index is 807. The van der Waals surface area contributed by atoms with Gasteiger partial charge >= 0.3 is 0 Å². The van der Waals surface area contributed by atoms with Gasteiger partial charge in [-0.3, -0.25) is 9.78 Å². The molecular formula is C16H14ClN5OS. The summed E-state index contributed by atoms with van der Waals surface area (Å²) in [6.07, 6.45) is 5.21. The SMILES string of the molecule is O=C(Cc1csc(Nc2ccc(Cl)cn2)n1)NCc1cccnc1. The minimum atomic E-state index is -0.0830. The minimum absolute atomic E-state index is 0.0830. The average Bonchev–Trinajstić information content (AvgIpc) is 3.03. The van der Waals surface area contributed by atoms with Crippen LogP contribution in [0.5, 0.6) is 0 Å². The second-order valence-electron chi connectivity index (χ2n) is 4.95. The predicted molar refractivity (Wildman–Crippen MR) is 94.4 cm³/mol. The lowest BCUT2D eigenvalue weighted by Crippen LogP contribution is -2.24. The van der Waals surface area contributed by atoms with Crippen molar-refractivity contribution in [2.75, 3.05) is 5.32 Å². The van der Waals surface area contributed by atoms with Crippen LogP contribution < -0.4 is 10.6 Å². The molecule has 122 valence electrons. The van der Waals surface area contributed by atoms with Gasteiger partial charge in [-0.05, 0) is 23.8 Å². The standard InChI is InChI=1S/C16H14ClN5OS/c17-12-3-4-14(19-9-12)22-16-21-13(10-24-16)6-15(23)20-8-11-2-1-5-18-7-11/h1-5,7,9-10H,6,8H2,(H,20,23)(H,19,21,22). The number of hydrogen-bond acceptors (Lipinski definition) is 6. The van der Waals surface area contributed by atoms with E-state index >= 15 is 0 Å². The lowest BCUT2D eigenvalue weighted by atomic mass is 10.2. The van der Waals surface area contributed by atoms with Crippen molar-refractivity contribution in [1.82, 2.24) is 20.3 Å². The molecule has 3 rings (SSSR count). The zero-order valence-corrected chi connectivity index (χ0v) is 14.1. The van der Waals surface area contributed by atoms with Crippen molar-refractivity contribution in [2.24, 2.45) is 0 Å². The predicted octanol–water partition coefficient (Wildman–Crippen LogP) is 3.19. The Kier molecular flexibility index (Phi) is 5.35. The van der Waals surface area contributed by atoms with Crippen molar-refractivity contribution in [1.29, 1.82) is 0 Å². The molecule has 8 heteroatoms. The van der Waals surface area contributed by atoms with Gasteiger partial charge in [-0.25, -0.2) is 9.97 Å². The Morgan fingerprint density at radius 1 is 1.25 bits per heavy atom. The molecule has 0 fully saturated rings. The molecule has 0 aliphatic rings. The molecule has 3 aromatic heterocycles. The van der Waals surface area contributed by atoms with Crippen molar-refractivity contribution in [3.63, 3.8) is 0 Å². The monoisotopic (exact) mass is 359 g/mol. The normalized spacial score (nSPS) is 10.4. The highest BCUT2D eigenvalue weighted by molar-refractivity contribution is 7.13. The number of anilines is 2. The molecule has 0 aliphatic heterocycles. The molecule has 2 N–H and O–H groups in total. The van der Waals surface area contributed by atoms with E-state index in [1.165, 1.54) is 11.3 Å². The Labute approximate surface area is 148 Å². The molecule has 0 aliphatic carbocycles. The van der Waals surface area contributed by atoms with Crippen molar-refractivity contribution >= 4 is 39.8 Å². The highest BCUT2D eigenvalue weighted by Gasteiger charge is 2.08. The van der Waals surface area contributed by atoms with Gasteiger partial charge in [-0.15, -0.1) is 11.3 Å². The molecule has 0 atom stereocenters. The Balaban J connectivity index is 1.51. The largest absolute Gasteiger partial charge is 0.352 e. The van der Waals surface area contributed by atoms with Crippen LogP contribution in [0.25, 0.3) is 0 Å². The average molecular weight is 360 g/mol. The van der Waals surface area contributed by atoms with Crippen molar-refractivity contribution in [2.45, 2.75) is 13.0 Å². The number of thiazole rings is 1. The smallest absolute Gasteiger partial charge is 0.226 e. The lowest BCUT2D eigenvalue weighted by molar-refractivity contribution is -0.120. The fraction of sp³-hybridized carbons (Fsp3) is 0.125. The maximum absolute atomic E-state index is 12.0. The fourth-order valence-corrected chi connectivity index (χ4v) is 2.76. The van der Waals surface area contributed by atoms with Crippen LogP contribution in [0.15, 0.2) is 48.2 Å². The summed E-state index contributed by atoms with van der Waals surface area (Å²) in [7, 11) is 0. The van der Waals surface area contributed by atoms with Gasteiger partial charge in [0.25, 0.3) is 0 Å². The molecule has 6 nitrogen and oxygen atoms in total. The van der Waals surface area contributed by atoms with E-state index in [0.29, 0.717) is 28.2 Å². The number of carbonyl (C=O) groups is 1. The molecule has 3 aromatic rings. The van der Waals surface area contributed by atoms with E-state index in [9.17, 15) is 4.79 Å². The number of nitrogens with zero attached hydrogens (tertiary/aromatic N) is 3. The third kappa shape index (κ3) is 4.74. The maximum Gasteiger partial charge on any atom is 0.226 e. The summed E-state index contributed by atoms with van der Waals surface area (Å²) in [5, 5.41) is 9.04. The summed E-state index contributed by atoms with van der Waals surface area (Å²) in [4.78, 5) is 24.5. The van der Waals surface area contributed by atoms with Crippen LogP contribution in [0.1, 0.15) is 11.3 Å². The van der Waals surface area contributed by atoms with Crippen LogP contribution >= 0.6 is 22.9 Å². The second-order valence-corrected chi connectivity index (χ2v) is 6.24. The van der Waals surface area contributed by atoms with Crippen LogP contribution in [0, 0.1) is 0 Å². The molecule has 0 saturated heterocycles. The quantitative estimate of drug-likeness (QED) is 0.706. The first kappa shape index (κ1) is 16.4. The van der Waals surface area contributed by atoms with E-state index in [2.05, 4.69) is 25.6 Å². The van der Waals surface area contributed by atoms with Gasteiger partial charge in [0.1, 0.15) is 5.82 Å². The summed E-state index contributed by atoms with van der Waals surface area (Å²) in [6.45, 7) is 0.455. The summed E-state index contributed by atoms with van der Waals surface area (Å²) in [6, 6.07) is 7.27. The first-order valence-corrected chi connectivity index (χ1v) is 8.43. The Morgan fingerprint density at radius 3 is 2.92 bits per heavy atom. The van der Waals surface area contributed by atoms with Gasteiger partial charge in [0.05, 0.1) is 17.1 Å². The zero-order valence-electron chi connectivity index (χ0n) is 12.6. The Hall–Kier alpha value is -2.51. The van der Waals surface area contributed by atoms with Gasteiger partial charge in [0, 0.05) is 30.5 Å². The van der Waals surface area contributed by atoms with Crippen molar-refractivity contribution in [3.8, 4) is 0 Å². The number of carbonyl (C=O) groups excluding carboxylic acids is 1. The van der Waals surface area contributed by atoms with E-state index in [1.54, 1.807) is 30.7 Å². The number of aromatic nitrogens is 3. The summed E-state index contributed by atoms with van der Waals surface area (Å²) >= 11 is 7.22. The van der Waals surface area contributed by atoms with Crippen LogP contribution in [0.4, 0.5) is 10.9 Å². The number of rotatable bonds is 6. The highest BCUT2D eigenvalue weighted by Crippen LogP contribution is 2.20. The molecule has 3 heterocycles. The number of pyridine rings is 2. The maximum atomic E-state index is 12.0.